The number of carboxylic acids is 1. The van der Waals surface area contributed by atoms with E-state index in [0.29, 0.717) is 6.07 Å². The van der Waals surface area contributed by atoms with Gasteiger partial charge in [-0.2, -0.15) is 18.4 Å². The third-order valence-corrected chi connectivity index (χ3v) is 2.08. The number of nitrogens with zero attached hydrogens (tertiary/aromatic N) is 1. The van der Waals surface area contributed by atoms with Crippen LogP contribution in [-0.2, 0) is 6.18 Å². The number of halogens is 3. The van der Waals surface area contributed by atoms with E-state index in [1.165, 1.54) is 6.07 Å². The molecule has 16 heavy (non-hydrogen) atoms. The molecule has 1 aromatic carbocycles. The predicted octanol–water partition coefficient (Wildman–Crippen LogP) is 2.58. The van der Waals surface area contributed by atoms with Gasteiger partial charge in [0.1, 0.15) is 0 Å². The minimum absolute atomic E-state index is 0.264. The number of alkyl halides is 3. The second kappa shape index (κ2) is 3.85. The van der Waals surface area contributed by atoms with E-state index in [9.17, 15) is 18.0 Å². The van der Waals surface area contributed by atoms with Crippen LogP contribution in [0.25, 0.3) is 0 Å². The molecule has 0 saturated heterocycles. The van der Waals surface area contributed by atoms with Gasteiger partial charge in [0.15, 0.2) is 0 Å². The highest BCUT2D eigenvalue weighted by Gasteiger charge is 2.34. The number of rotatable bonds is 1. The quantitative estimate of drug-likeness (QED) is 0.804. The minimum Gasteiger partial charge on any atom is -0.478 e. The molecule has 6 heteroatoms. The first-order valence-electron chi connectivity index (χ1n) is 4.12. The van der Waals surface area contributed by atoms with Crippen molar-refractivity contribution in [3.8, 4) is 6.07 Å². The molecule has 1 aromatic rings. The molecule has 0 saturated carbocycles. The van der Waals surface area contributed by atoms with Crippen molar-refractivity contribution in [2.24, 2.45) is 0 Å². The average molecular weight is 229 g/mol. The second-order valence-electron chi connectivity index (χ2n) is 3.11. The van der Waals surface area contributed by atoms with Crippen LogP contribution in [-0.4, -0.2) is 11.1 Å². The Labute approximate surface area is 88.7 Å². The maximum atomic E-state index is 12.5. The Morgan fingerprint density at radius 2 is 2.00 bits per heavy atom. The van der Waals surface area contributed by atoms with Crippen LogP contribution in [0.2, 0.25) is 0 Å². The van der Waals surface area contributed by atoms with Gasteiger partial charge in [-0.15, -0.1) is 0 Å². The summed E-state index contributed by atoms with van der Waals surface area (Å²) in [6.07, 6.45) is -4.67. The van der Waals surface area contributed by atoms with Gasteiger partial charge in [-0.3, -0.25) is 0 Å². The fourth-order valence-corrected chi connectivity index (χ4v) is 1.25. The van der Waals surface area contributed by atoms with Crippen molar-refractivity contribution in [3.63, 3.8) is 0 Å². The van der Waals surface area contributed by atoms with Gasteiger partial charge >= 0.3 is 12.1 Å². The Balaban J connectivity index is 3.56. The topological polar surface area (TPSA) is 61.1 Å². The molecule has 0 aliphatic heterocycles. The third-order valence-electron chi connectivity index (χ3n) is 2.08. The van der Waals surface area contributed by atoms with Gasteiger partial charge in [-0.25, -0.2) is 4.79 Å². The number of carbonyl (C=O) groups is 1. The van der Waals surface area contributed by atoms with Crippen molar-refractivity contribution in [1.82, 2.24) is 0 Å². The average Bonchev–Trinajstić information content (AvgIpc) is 2.15. The monoisotopic (exact) mass is 229 g/mol. The van der Waals surface area contributed by atoms with Crippen molar-refractivity contribution in [2.45, 2.75) is 13.1 Å². The number of hydrogen-bond acceptors (Lipinski definition) is 2. The van der Waals surface area contributed by atoms with Crippen LogP contribution in [0.15, 0.2) is 12.1 Å². The van der Waals surface area contributed by atoms with Crippen molar-refractivity contribution < 1.29 is 23.1 Å². The van der Waals surface area contributed by atoms with Gasteiger partial charge in [0.2, 0.25) is 0 Å². The Hall–Kier alpha value is -2.03. The largest absolute Gasteiger partial charge is 0.478 e. The molecule has 0 bridgehead atoms. The highest BCUT2D eigenvalue weighted by atomic mass is 19.4. The first-order chi connectivity index (χ1) is 7.27. The Kier molecular flexibility index (Phi) is 2.90. The van der Waals surface area contributed by atoms with Crippen LogP contribution in [0.1, 0.15) is 27.0 Å². The number of hydrogen-bond donors (Lipinski definition) is 1. The van der Waals surface area contributed by atoms with Gasteiger partial charge in [-0.05, 0) is 24.6 Å². The molecule has 0 aliphatic carbocycles. The van der Waals surface area contributed by atoms with Crippen LogP contribution < -0.4 is 0 Å². The molecule has 0 unspecified atom stereocenters. The molecule has 0 amide bonds. The van der Waals surface area contributed by atoms with Gasteiger partial charge in [-0.1, -0.05) is 0 Å². The summed E-state index contributed by atoms with van der Waals surface area (Å²) in [5.74, 6) is -1.50. The minimum atomic E-state index is -4.67. The van der Waals surface area contributed by atoms with E-state index in [2.05, 4.69) is 0 Å². The normalized spacial score (nSPS) is 10.9. The predicted molar refractivity (Wildman–Crippen MR) is 47.9 cm³/mol. The molecule has 0 heterocycles. The van der Waals surface area contributed by atoms with Gasteiger partial charge in [0, 0.05) is 0 Å². The van der Waals surface area contributed by atoms with Crippen LogP contribution in [0, 0.1) is 18.3 Å². The first-order valence-corrected chi connectivity index (χ1v) is 4.12. The molecule has 1 rings (SSSR count). The first kappa shape index (κ1) is 12.0. The van der Waals surface area contributed by atoms with Crippen molar-refractivity contribution in [2.75, 3.05) is 0 Å². The molecule has 84 valence electrons. The second-order valence-corrected chi connectivity index (χ2v) is 3.11. The Bertz CT molecular complexity index is 486. The summed E-state index contributed by atoms with van der Waals surface area (Å²) in [7, 11) is 0. The summed E-state index contributed by atoms with van der Waals surface area (Å²) in [4.78, 5) is 10.6. The van der Waals surface area contributed by atoms with Gasteiger partial charge < -0.3 is 5.11 Å². The van der Waals surface area contributed by atoms with E-state index in [-0.39, 0.29) is 11.1 Å². The fourth-order valence-electron chi connectivity index (χ4n) is 1.25. The zero-order valence-electron chi connectivity index (χ0n) is 8.09. The summed E-state index contributed by atoms with van der Waals surface area (Å²) in [5, 5.41) is 17.2. The van der Waals surface area contributed by atoms with Crippen LogP contribution in [0.4, 0.5) is 13.2 Å². The molecule has 1 N–H and O–H groups in total. The highest BCUT2D eigenvalue weighted by Crippen LogP contribution is 2.33. The lowest BCUT2D eigenvalue weighted by Gasteiger charge is -2.12. The van der Waals surface area contributed by atoms with E-state index in [1.807, 2.05) is 0 Å². The molecule has 0 aliphatic rings. The summed E-state index contributed by atoms with van der Waals surface area (Å²) in [5.41, 5.74) is -2.19. The molecule has 0 radical (unpaired) electrons. The molecule has 0 fully saturated rings. The van der Waals surface area contributed by atoms with E-state index in [4.69, 9.17) is 10.4 Å². The number of carboxylic acid groups (broad SMARTS) is 1. The summed E-state index contributed by atoms with van der Waals surface area (Å²) < 4.78 is 37.5. The van der Waals surface area contributed by atoms with E-state index in [1.54, 1.807) is 0 Å². The molecule has 3 nitrogen and oxygen atoms in total. The zero-order valence-corrected chi connectivity index (χ0v) is 8.09. The maximum absolute atomic E-state index is 12.5. The lowest BCUT2D eigenvalue weighted by atomic mass is 9.99. The Morgan fingerprint density at radius 1 is 1.44 bits per heavy atom. The standard InChI is InChI=1S/C10H6F3NO2/c1-5-7(4-14)2-6(9(15)16)3-8(5)10(11,12)13/h2-3H,1H3,(H,15,16). The molecular weight excluding hydrogens is 223 g/mol. The van der Waals surface area contributed by atoms with Crippen LogP contribution in [0.5, 0.6) is 0 Å². The highest BCUT2D eigenvalue weighted by molar-refractivity contribution is 5.88. The SMILES string of the molecule is Cc1c(C#N)cc(C(=O)O)cc1C(F)(F)F. The van der Waals surface area contributed by atoms with Crippen LogP contribution >= 0.6 is 0 Å². The number of benzene rings is 1. The van der Waals surface area contributed by atoms with Crippen molar-refractivity contribution in [3.05, 3.63) is 34.4 Å². The fraction of sp³-hybridized carbons (Fsp3) is 0.200. The van der Waals surface area contributed by atoms with E-state index in [0.717, 1.165) is 13.0 Å². The maximum Gasteiger partial charge on any atom is 0.416 e. The van der Waals surface area contributed by atoms with Gasteiger partial charge in [0.25, 0.3) is 0 Å². The van der Waals surface area contributed by atoms with Crippen molar-refractivity contribution >= 4 is 5.97 Å². The van der Waals surface area contributed by atoms with Crippen LogP contribution in [0.3, 0.4) is 0 Å². The van der Waals surface area contributed by atoms with Crippen molar-refractivity contribution in [1.29, 1.82) is 5.26 Å². The number of nitriles is 1. The van der Waals surface area contributed by atoms with E-state index < -0.39 is 23.3 Å². The summed E-state index contributed by atoms with van der Waals surface area (Å²) in [6, 6.07) is 2.99. The lowest BCUT2D eigenvalue weighted by molar-refractivity contribution is -0.138. The number of aromatic carboxylic acids is 1. The molecular formula is C10H6F3NO2. The molecule has 0 aromatic heterocycles. The summed E-state index contributed by atoms with van der Waals surface area (Å²) >= 11 is 0. The Morgan fingerprint density at radius 3 is 2.38 bits per heavy atom. The molecule has 0 spiro atoms. The van der Waals surface area contributed by atoms with Gasteiger partial charge in [0.05, 0.1) is 22.8 Å². The third kappa shape index (κ3) is 2.14. The zero-order chi connectivity index (χ0) is 12.5. The van der Waals surface area contributed by atoms with E-state index >= 15 is 0 Å². The summed E-state index contributed by atoms with van der Waals surface area (Å²) in [6.45, 7) is 1.13. The lowest BCUT2D eigenvalue weighted by Crippen LogP contribution is -2.11. The smallest absolute Gasteiger partial charge is 0.416 e. The molecule has 0 atom stereocenters.